The fourth-order valence-corrected chi connectivity index (χ4v) is 3.46. The van der Waals surface area contributed by atoms with E-state index in [1.54, 1.807) is 0 Å². The zero-order valence-electron chi connectivity index (χ0n) is 16.6. The Kier molecular flexibility index (Phi) is 8.88. The topological polar surface area (TPSA) is 60.7 Å². The first-order valence-corrected chi connectivity index (χ1v) is 9.45. The third-order valence-electron chi connectivity index (χ3n) is 4.59. The van der Waals surface area contributed by atoms with Crippen LogP contribution >= 0.6 is 24.0 Å². The molecule has 0 saturated heterocycles. The summed E-state index contributed by atoms with van der Waals surface area (Å²) in [6.07, 6.45) is 2.35. The molecule has 0 bridgehead atoms. The van der Waals surface area contributed by atoms with E-state index in [4.69, 9.17) is 11.6 Å². The number of benzene rings is 1. The Morgan fingerprint density at radius 3 is 2.22 bits per heavy atom. The Bertz CT molecular complexity index is 801. The lowest BCUT2D eigenvalue weighted by Gasteiger charge is -2.22. The number of aromatic nitrogens is 1. The van der Waals surface area contributed by atoms with E-state index < -0.39 is 0 Å². The van der Waals surface area contributed by atoms with Gasteiger partial charge in [-0.05, 0) is 62.9 Å². The van der Waals surface area contributed by atoms with Gasteiger partial charge in [0.05, 0.1) is 12.5 Å². The van der Waals surface area contributed by atoms with E-state index in [9.17, 15) is 5.26 Å². The molecule has 2 rings (SSSR count). The minimum atomic E-state index is 0. The maximum atomic E-state index is 9.35. The molecule has 0 atom stereocenters. The van der Waals surface area contributed by atoms with Gasteiger partial charge in [0.1, 0.15) is 5.82 Å². The first-order valence-electron chi connectivity index (χ1n) is 9.07. The molecule has 27 heavy (non-hydrogen) atoms. The largest absolute Gasteiger partial charge is 0.382 e. The van der Waals surface area contributed by atoms with Gasteiger partial charge in [-0.25, -0.2) is 4.98 Å². The van der Waals surface area contributed by atoms with Crippen molar-refractivity contribution in [2.24, 2.45) is 0 Å². The van der Waals surface area contributed by atoms with Gasteiger partial charge in [0.25, 0.3) is 0 Å². The van der Waals surface area contributed by atoms with Crippen molar-refractivity contribution < 1.29 is 0 Å². The summed E-state index contributed by atoms with van der Waals surface area (Å²) in [4.78, 5) is 4.68. The standard InChI is InChI=1S/C21H27ClN4.ClH/c1-6-17(7-2)25-19-12-15(5)24-21(18(19)8-9-23)26-20-13(3)10-16(22)11-14(20)4;/h10-12,17H,6-8H2,1-5H3,(H2,24,25,26);1H. The molecule has 0 amide bonds. The fraction of sp³-hybridized carbons (Fsp3) is 0.429. The van der Waals surface area contributed by atoms with Gasteiger partial charge in [-0.3, -0.25) is 0 Å². The van der Waals surface area contributed by atoms with Crippen molar-refractivity contribution in [2.75, 3.05) is 10.6 Å². The fourth-order valence-electron chi connectivity index (χ4n) is 3.13. The van der Waals surface area contributed by atoms with Gasteiger partial charge in [-0.1, -0.05) is 25.4 Å². The summed E-state index contributed by atoms with van der Waals surface area (Å²) in [6.45, 7) is 10.3. The van der Waals surface area contributed by atoms with E-state index in [0.717, 1.165) is 57.4 Å². The van der Waals surface area contributed by atoms with Gasteiger partial charge >= 0.3 is 0 Å². The van der Waals surface area contributed by atoms with Crippen LogP contribution in [0.4, 0.5) is 17.2 Å². The molecule has 0 aliphatic rings. The van der Waals surface area contributed by atoms with Crippen LogP contribution in [-0.4, -0.2) is 11.0 Å². The van der Waals surface area contributed by atoms with Crippen molar-refractivity contribution in [2.45, 2.75) is 59.9 Å². The van der Waals surface area contributed by atoms with Gasteiger partial charge in [0.15, 0.2) is 0 Å². The molecule has 1 heterocycles. The van der Waals surface area contributed by atoms with Gasteiger partial charge in [-0.15, -0.1) is 12.4 Å². The zero-order valence-corrected chi connectivity index (χ0v) is 18.2. The van der Waals surface area contributed by atoms with Crippen molar-refractivity contribution in [1.29, 1.82) is 5.26 Å². The summed E-state index contributed by atoms with van der Waals surface area (Å²) in [5.74, 6) is 0.730. The number of aryl methyl sites for hydroxylation is 3. The van der Waals surface area contributed by atoms with Crippen LogP contribution in [0.3, 0.4) is 0 Å². The van der Waals surface area contributed by atoms with Crippen molar-refractivity contribution in [3.05, 3.63) is 45.6 Å². The van der Waals surface area contributed by atoms with Crippen LogP contribution in [0.2, 0.25) is 5.02 Å². The molecule has 0 fully saturated rings. The maximum Gasteiger partial charge on any atom is 0.136 e. The molecular formula is C21H28Cl2N4. The Hall–Kier alpha value is -1.96. The molecule has 146 valence electrons. The molecule has 0 aliphatic carbocycles. The second-order valence-electron chi connectivity index (χ2n) is 6.67. The molecule has 1 aromatic carbocycles. The predicted octanol–water partition coefficient (Wildman–Crippen LogP) is 6.49. The second kappa shape index (κ2) is 10.4. The number of hydrogen-bond acceptors (Lipinski definition) is 4. The molecule has 4 nitrogen and oxygen atoms in total. The zero-order chi connectivity index (χ0) is 19.3. The summed E-state index contributed by atoms with van der Waals surface area (Å²) in [7, 11) is 0. The summed E-state index contributed by atoms with van der Waals surface area (Å²) in [5, 5.41) is 17.1. The van der Waals surface area contributed by atoms with Crippen LogP contribution < -0.4 is 10.6 Å². The molecule has 0 saturated carbocycles. The summed E-state index contributed by atoms with van der Waals surface area (Å²) < 4.78 is 0. The van der Waals surface area contributed by atoms with E-state index in [1.165, 1.54) is 0 Å². The van der Waals surface area contributed by atoms with Crippen LogP contribution in [0.5, 0.6) is 0 Å². The van der Waals surface area contributed by atoms with Crippen LogP contribution in [0.15, 0.2) is 18.2 Å². The predicted molar refractivity (Wildman–Crippen MR) is 118 cm³/mol. The second-order valence-corrected chi connectivity index (χ2v) is 7.11. The molecule has 0 unspecified atom stereocenters. The number of pyridine rings is 1. The molecule has 6 heteroatoms. The van der Waals surface area contributed by atoms with Crippen molar-refractivity contribution in [3.8, 4) is 6.07 Å². The van der Waals surface area contributed by atoms with E-state index in [0.29, 0.717) is 12.5 Å². The molecular weight excluding hydrogens is 379 g/mol. The van der Waals surface area contributed by atoms with E-state index >= 15 is 0 Å². The van der Waals surface area contributed by atoms with Crippen LogP contribution in [0, 0.1) is 32.1 Å². The number of anilines is 3. The Morgan fingerprint density at radius 2 is 1.70 bits per heavy atom. The number of nitriles is 1. The quantitative estimate of drug-likeness (QED) is 0.551. The lowest BCUT2D eigenvalue weighted by molar-refractivity contribution is 0.670. The highest BCUT2D eigenvalue weighted by Crippen LogP contribution is 2.32. The van der Waals surface area contributed by atoms with Crippen molar-refractivity contribution in [3.63, 3.8) is 0 Å². The molecule has 2 N–H and O–H groups in total. The molecule has 2 aromatic rings. The number of hydrogen-bond donors (Lipinski definition) is 2. The maximum absolute atomic E-state index is 9.35. The SMILES string of the molecule is CCC(CC)Nc1cc(C)nc(Nc2c(C)cc(Cl)cc2C)c1CC#N.Cl. The van der Waals surface area contributed by atoms with E-state index in [2.05, 4.69) is 35.5 Å². The summed E-state index contributed by atoms with van der Waals surface area (Å²) >= 11 is 6.15. The van der Waals surface area contributed by atoms with Crippen LogP contribution in [0.25, 0.3) is 0 Å². The molecule has 0 spiro atoms. The first-order chi connectivity index (χ1) is 12.4. The Morgan fingerprint density at radius 1 is 1.11 bits per heavy atom. The highest BCUT2D eigenvalue weighted by molar-refractivity contribution is 6.30. The highest BCUT2D eigenvalue weighted by atomic mass is 35.5. The normalized spacial score (nSPS) is 10.3. The molecule has 1 aromatic heterocycles. The lowest BCUT2D eigenvalue weighted by Crippen LogP contribution is -2.19. The monoisotopic (exact) mass is 406 g/mol. The van der Waals surface area contributed by atoms with Gasteiger partial charge in [0.2, 0.25) is 0 Å². The Labute approximate surface area is 173 Å². The Balaban J connectivity index is 0.00000364. The average Bonchev–Trinajstić information content (AvgIpc) is 2.58. The van der Waals surface area contributed by atoms with Crippen molar-refractivity contribution >= 4 is 41.2 Å². The van der Waals surface area contributed by atoms with Gasteiger partial charge in [-0.2, -0.15) is 5.26 Å². The van der Waals surface area contributed by atoms with E-state index in [1.807, 2.05) is 39.0 Å². The molecule has 0 aliphatic heterocycles. The van der Waals surface area contributed by atoms with Crippen LogP contribution in [-0.2, 0) is 6.42 Å². The van der Waals surface area contributed by atoms with Gasteiger partial charge < -0.3 is 10.6 Å². The number of nitrogens with zero attached hydrogens (tertiary/aromatic N) is 2. The third-order valence-corrected chi connectivity index (χ3v) is 4.81. The number of nitrogens with one attached hydrogen (secondary N) is 2. The highest BCUT2D eigenvalue weighted by Gasteiger charge is 2.16. The molecule has 0 radical (unpaired) electrons. The lowest BCUT2D eigenvalue weighted by atomic mass is 10.1. The first kappa shape index (κ1) is 23.1. The average molecular weight is 407 g/mol. The third kappa shape index (κ3) is 5.76. The van der Waals surface area contributed by atoms with Crippen molar-refractivity contribution in [1.82, 2.24) is 4.98 Å². The summed E-state index contributed by atoms with van der Waals surface area (Å²) in [5.41, 5.74) is 5.89. The van der Waals surface area contributed by atoms with E-state index in [-0.39, 0.29) is 12.4 Å². The minimum absolute atomic E-state index is 0. The minimum Gasteiger partial charge on any atom is -0.382 e. The number of halogens is 2. The van der Waals surface area contributed by atoms with Crippen LogP contribution in [0.1, 0.15) is 49.1 Å². The van der Waals surface area contributed by atoms with Gasteiger partial charge in [0, 0.05) is 33.7 Å². The summed E-state index contributed by atoms with van der Waals surface area (Å²) in [6, 6.07) is 8.54. The number of rotatable bonds is 7. The smallest absolute Gasteiger partial charge is 0.136 e.